The maximum atomic E-state index is 3.39. The molecular weight excluding hydrogens is 351 g/mol. The number of hydrogen-bond donors (Lipinski definition) is 0. The third kappa shape index (κ3) is 4.77. The Morgan fingerprint density at radius 2 is 1.14 bits per heavy atom. The minimum absolute atomic E-state index is 1.17. The topological polar surface area (TPSA) is 0 Å². The van der Waals surface area contributed by atoms with Crippen molar-refractivity contribution in [2.45, 2.75) is 0 Å². The summed E-state index contributed by atoms with van der Waals surface area (Å²) in [5.74, 6) is 0. The van der Waals surface area contributed by atoms with Gasteiger partial charge in [0.05, 0.1) is 0 Å². The van der Waals surface area contributed by atoms with Gasteiger partial charge in [0.15, 0.2) is 0 Å². The minimum Gasteiger partial charge on any atom is -0.0623 e. The van der Waals surface area contributed by atoms with Crippen molar-refractivity contribution in [1.29, 1.82) is 0 Å². The summed E-state index contributed by atoms with van der Waals surface area (Å²) in [6.07, 6.45) is 0. The maximum Gasteiger partial charge on any atom is 0.0308 e. The molecule has 0 fully saturated rings. The molecule has 0 aliphatic carbocycles. The van der Waals surface area contributed by atoms with Gasteiger partial charge in [-0.15, -0.1) is 0 Å². The molecule has 0 atom stereocenters. The minimum atomic E-state index is 1.17. The first-order chi connectivity index (χ1) is 6.80. The summed E-state index contributed by atoms with van der Waals surface area (Å²) < 4.78 is 2.42. The number of rotatable bonds is 0. The van der Waals surface area contributed by atoms with E-state index in [9.17, 15) is 0 Å². The third-order valence-electron chi connectivity index (χ3n) is 1.49. The molecule has 2 rings (SSSR count). The molecule has 0 aliphatic rings. The third-order valence-corrected chi connectivity index (χ3v) is 3.86. The molecule has 0 unspecified atom stereocenters. The Labute approximate surface area is 107 Å². The molecule has 72 valence electrons. The summed E-state index contributed by atoms with van der Waals surface area (Å²) in [4.78, 5) is 0. The lowest BCUT2D eigenvalue weighted by Crippen LogP contribution is -1.68. The average Bonchev–Trinajstić information content (AvgIpc) is 2.26. The van der Waals surface area contributed by atoms with Gasteiger partial charge in [-0.2, -0.15) is 0 Å². The van der Waals surface area contributed by atoms with E-state index >= 15 is 0 Å². The molecule has 0 bridgehead atoms. The molecule has 14 heavy (non-hydrogen) atoms. The van der Waals surface area contributed by atoms with Crippen LogP contribution in [0.15, 0.2) is 65.1 Å². The van der Waals surface area contributed by atoms with Crippen LogP contribution >= 0.6 is 38.5 Å². The quantitative estimate of drug-likeness (QED) is 0.595. The largest absolute Gasteiger partial charge is 0.0623 e. The molecule has 0 aliphatic heterocycles. The van der Waals surface area contributed by atoms with Crippen LogP contribution in [0, 0.1) is 3.57 Å². The van der Waals surface area contributed by atoms with Crippen LogP contribution in [0.2, 0.25) is 0 Å². The van der Waals surface area contributed by atoms with Gasteiger partial charge in [0.2, 0.25) is 0 Å². The van der Waals surface area contributed by atoms with Gasteiger partial charge in [0.25, 0.3) is 0 Å². The Morgan fingerprint density at radius 1 is 0.714 bits per heavy atom. The molecule has 2 aromatic carbocycles. The lowest BCUT2D eigenvalue weighted by atomic mass is 10.4. The van der Waals surface area contributed by atoms with E-state index in [0.717, 1.165) is 0 Å². The molecule has 0 nitrogen and oxygen atoms in total. The van der Waals surface area contributed by atoms with E-state index in [1.165, 1.54) is 8.04 Å². The van der Waals surface area contributed by atoms with E-state index in [4.69, 9.17) is 0 Å². The van der Waals surface area contributed by atoms with Gasteiger partial charge in [-0.25, -0.2) is 0 Å². The van der Waals surface area contributed by atoms with Crippen molar-refractivity contribution < 1.29 is 0 Å². The summed E-state index contributed by atoms with van der Waals surface area (Å²) in [5, 5.41) is 0. The molecule has 0 spiro atoms. The van der Waals surface area contributed by atoms with Crippen LogP contribution in [0.3, 0.4) is 0 Å². The Bertz CT molecular complexity index is 312. The first-order valence-corrected chi connectivity index (χ1v) is 6.08. The fourth-order valence-electron chi connectivity index (χ4n) is 0.824. The maximum absolute atomic E-state index is 3.39. The lowest BCUT2D eigenvalue weighted by molar-refractivity contribution is 1.59. The summed E-state index contributed by atoms with van der Waals surface area (Å²) in [6.45, 7) is 0. The Morgan fingerprint density at radius 3 is 1.43 bits per heavy atom. The first-order valence-electron chi connectivity index (χ1n) is 4.21. The van der Waals surface area contributed by atoms with Gasteiger partial charge < -0.3 is 0 Å². The highest BCUT2D eigenvalue weighted by molar-refractivity contribution is 14.1. The molecule has 0 saturated heterocycles. The van der Waals surface area contributed by atoms with E-state index in [-0.39, 0.29) is 0 Å². The average molecular weight is 361 g/mol. The predicted octanol–water partition coefficient (Wildman–Crippen LogP) is 4.74. The van der Waals surface area contributed by atoms with Crippen LogP contribution in [0.4, 0.5) is 0 Å². The first kappa shape index (κ1) is 11.7. The van der Waals surface area contributed by atoms with E-state index in [2.05, 4.69) is 44.6 Å². The smallest absolute Gasteiger partial charge is 0.0308 e. The number of benzene rings is 2. The number of halogens is 2. The summed E-state index contributed by atoms with van der Waals surface area (Å²) in [6, 6.07) is 20.1. The van der Waals surface area contributed by atoms with E-state index in [1.54, 1.807) is 0 Å². The molecule has 0 N–H and O–H groups in total. The Hall–Kier alpha value is -0.350. The highest BCUT2D eigenvalue weighted by Gasteiger charge is 1.88. The summed E-state index contributed by atoms with van der Waals surface area (Å²) in [5.41, 5.74) is 0. The molecule has 0 radical (unpaired) electrons. The number of hydrogen-bond acceptors (Lipinski definition) is 0. The van der Waals surface area contributed by atoms with Crippen LogP contribution in [-0.4, -0.2) is 0 Å². The van der Waals surface area contributed by atoms with E-state index in [1.807, 2.05) is 54.6 Å². The second-order valence-corrected chi connectivity index (χ2v) is 4.59. The monoisotopic (exact) mass is 360 g/mol. The van der Waals surface area contributed by atoms with Gasteiger partial charge in [-0.1, -0.05) is 48.5 Å². The van der Waals surface area contributed by atoms with Crippen molar-refractivity contribution in [1.82, 2.24) is 0 Å². The van der Waals surface area contributed by atoms with Crippen molar-refractivity contribution in [2.75, 3.05) is 0 Å². The van der Waals surface area contributed by atoms with Crippen molar-refractivity contribution >= 4 is 38.5 Å². The standard InChI is InChI=1S/C6H4BrI.C6H6/c7-5-3-1-2-4-6(5)8;1-2-4-6-5-3-1/h1-4H;1-6H. The molecule has 2 heteroatoms. The van der Waals surface area contributed by atoms with Crippen LogP contribution in [-0.2, 0) is 0 Å². The fraction of sp³-hybridized carbons (Fsp3) is 0. The van der Waals surface area contributed by atoms with Crippen LogP contribution in [0.1, 0.15) is 0 Å². The van der Waals surface area contributed by atoms with Crippen molar-refractivity contribution in [3.05, 3.63) is 68.7 Å². The normalized spacial score (nSPS) is 8.71. The van der Waals surface area contributed by atoms with E-state index < -0.39 is 0 Å². The second-order valence-electron chi connectivity index (χ2n) is 2.57. The fourth-order valence-corrected chi connectivity index (χ4v) is 1.50. The highest BCUT2D eigenvalue weighted by atomic mass is 127. The van der Waals surface area contributed by atoms with Gasteiger partial charge in [0.1, 0.15) is 0 Å². The SMILES string of the molecule is Brc1ccccc1I.c1ccccc1. The predicted molar refractivity (Wildman–Crippen MR) is 73.3 cm³/mol. The van der Waals surface area contributed by atoms with Crippen molar-refractivity contribution in [2.24, 2.45) is 0 Å². The summed E-state index contributed by atoms with van der Waals surface area (Å²) in [7, 11) is 0. The zero-order valence-corrected chi connectivity index (χ0v) is 11.3. The van der Waals surface area contributed by atoms with Crippen molar-refractivity contribution in [3.8, 4) is 0 Å². The lowest BCUT2D eigenvalue weighted by Gasteiger charge is -1.89. The zero-order valence-electron chi connectivity index (χ0n) is 7.53. The Kier molecular flexibility index (Phi) is 5.87. The van der Waals surface area contributed by atoms with Gasteiger partial charge in [-0.05, 0) is 50.7 Å². The van der Waals surface area contributed by atoms with Gasteiger partial charge in [0, 0.05) is 8.04 Å². The van der Waals surface area contributed by atoms with E-state index in [0.29, 0.717) is 0 Å². The summed E-state index contributed by atoms with van der Waals surface area (Å²) >= 11 is 5.67. The molecule has 0 aromatic heterocycles. The molecule has 0 amide bonds. The Balaban J connectivity index is 0.000000146. The zero-order chi connectivity index (χ0) is 10.2. The van der Waals surface area contributed by atoms with Crippen molar-refractivity contribution in [3.63, 3.8) is 0 Å². The molecular formula is C12H10BrI. The van der Waals surface area contributed by atoms with Gasteiger partial charge >= 0.3 is 0 Å². The molecule has 0 heterocycles. The second kappa shape index (κ2) is 7.01. The van der Waals surface area contributed by atoms with Crippen LogP contribution in [0.25, 0.3) is 0 Å². The molecule has 0 saturated carbocycles. The highest BCUT2D eigenvalue weighted by Crippen LogP contribution is 2.16. The van der Waals surface area contributed by atoms with Gasteiger partial charge in [-0.3, -0.25) is 0 Å². The molecule has 2 aromatic rings. The van der Waals surface area contributed by atoms with Crippen LogP contribution in [0.5, 0.6) is 0 Å². The van der Waals surface area contributed by atoms with Crippen LogP contribution < -0.4 is 0 Å².